The summed E-state index contributed by atoms with van der Waals surface area (Å²) in [5.74, 6) is 0. The number of rotatable bonds is 0. The first kappa shape index (κ1) is 14.7. The van der Waals surface area contributed by atoms with Crippen LogP contribution in [0.15, 0.2) is 12.1 Å². The lowest BCUT2D eigenvalue weighted by Crippen LogP contribution is -2.42. The van der Waals surface area contributed by atoms with Crippen LogP contribution in [0, 0.1) is 6.92 Å². The molecule has 20 heavy (non-hydrogen) atoms. The third-order valence-electron chi connectivity index (χ3n) is 3.76. The van der Waals surface area contributed by atoms with E-state index in [9.17, 15) is 4.79 Å². The lowest BCUT2D eigenvalue weighted by atomic mass is 9.90. The Morgan fingerprint density at radius 3 is 2.65 bits per heavy atom. The highest BCUT2D eigenvalue weighted by molar-refractivity contribution is 5.70. The van der Waals surface area contributed by atoms with Crippen molar-refractivity contribution >= 4 is 11.8 Å². The lowest BCUT2D eigenvalue weighted by molar-refractivity contribution is 0.0160. The highest BCUT2D eigenvalue weighted by atomic mass is 16.6. The van der Waals surface area contributed by atoms with Crippen LogP contribution in [0.25, 0.3) is 0 Å². The van der Waals surface area contributed by atoms with E-state index < -0.39 is 5.60 Å². The van der Waals surface area contributed by atoms with E-state index in [1.54, 1.807) is 4.90 Å². The van der Waals surface area contributed by atoms with Crippen LogP contribution in [0.2, 0.25) is 0 Å². The number of benzene rings is 1. The molecule has 0 saturated carbocycles. The van der Waals surface area contributed by atoms with E-state index in [0.29, 0.717) is 6.54 Å². The number of amides is 1. The number of carbonyl (C=O) groups excluding carboxylic acids is 1. The van der Waals surface area contributed by atoms with E-state index in [2.05, 4.69) is 6.07 Å². The van der Waals surface area contributed by atoms with Crippen LogP contribution in [0.5, 0.6) is 0 Å². The summed E-state index contributed by atoms with van der Waals surface area (Å²) in [6.45, 7) is 10.3. The van der Waals surface area contributed by atoms with Crippen LogP contribution in [-0.4, -0.2) is 23.1 Å². The quantitative estimate of drug-likeness (QED) is 0.739. The summed E-state index contributed by atoms with van der Waals surface area (Å²) in [6, 6.07) is 4.09. The van der Waals surface area contributed by atoms with Gasteiger partial charge in [0.25, 0.3) is 0 Å². The van der Waals surface area contributed by atoms with Gasteiger partial charge in [-0.2, -0.15) is 0 Å². The van der Waals surface area contributed by atoms with Gasteiger partial charge in [-0.05, 0) is 57.7 Å². The van der Waals surface area contributed by atoms with Gasteiger partial charge in [0.2, 0.25) is 0 Å². The van der Waals surface area contributed by atoms with Crippen molar-refractivity contribution in [2.45, 2.75) is 52.7 Å². The van der Waals surface area contributed by atoms with Gasteiger partial charge in [0.15, 0.2) is 0 Å². The van der Waals surface area contributed by atoms with Gasteiger partial charge < -0.3 is 15.4 Å². The SMILES string of the molecule is Cc1ccc2c(c1N)CCN(C(=O)OC(C)(C)C)C2C. The Hall–Kier alpha value is -1.71. The predicted molar refractivity (Wildman–Crippen MR) is 80.7 cm³/mol. The second-order valence-corrected chi connectivity index (χ2v) is 6.46. The van der Waals surface area contributed by atoms with Crippen LogP contribution in [0.4, 0.5) is 10.5 Å². The zero-order valence-electron chi connectivity index (χ0n) is 13.0. The fraction of sp³-hybridized carbons (Fsp3) is 0.562. The van der Waals surface area contributed by atoms with Crippen molar-refractivity contribution in [2.24, 2.45) is 0 Å². The Kier molecular flexibility index (Phi) is 3.67. The summed E-state index contributed by atoms with van der Waals surface area (Å²) in [5.41, 5.74) is 9.95. The van der Waals surface area contributed by atoms with Gasteiger partial charge in [0.1, 0.15) is 5.60 Å². The summed E-state index contributed by atoms with van der Waals surface area (Å²) in [7, 11) is 0. The molecule has 1 aromatic rings. The molecule has 0 bridgehead atoms. The minimum atomic E-state index is -0.469. The number of hydrogen-bond acceptors (Lipinski definition) is 3. The van der Waals surface area contributed by atoms with E-state index in [0.717, 1.165) is 23.2 Å². The van der Waals surface area contributed by atoms with Gasteiger partial charge >= 0.3 is 6.09 Å². The van der Waals surface area contributed by atoms with Gasteiger partial charge in [0, 0.05) is 12.2 Å². The molecule has 1 amide bonds. The summed E-state index contributed by atoms with van der Waals surface area (Å²) < 4.78 is 5.47. The van der Waals surface area contributed by atoms with Crippen molar-refractivity contribution < 1.29 is 9.53 Å². The monoisotopic (exact) mass is 276 g/mol. The summed E-state index contributed by atoms with van der Waals surface area (Å²) in [4.78, 5) is 14.0. The smallest absolute Gasteiger partial charge is 0.410 e. The van der Waals surface area contributed by atoms with Crippen molar-refractivity contribution in [3.8, 4) is 0 Å². The topological polar surface area (TPSA) is 55.6 Å². The Labute approximate surface area is 120 Å². The average Bonchev–Trinajstić information content (AvgIpc) is 2.32. The third-order valence-corrected chi connectivity index (χ3v) is 3.76. The molecule has 2 N–H and O–H groups in total. The molecule has 0 fully saturated rings. The van der Waals surface area contributed by atoms with Crippen LogP contribution < -0.4 is 5.73 Å². The number of carbonyl (C=O) groups is 1. The number of nitrogens with two attached hydrogens (primary N) is 1. The van der Waals surface area contributed by atoms with Gasteiger partial charge in [-0.15, -0.1) is 0 Å². The second kappa shape index (κ2) is 5.00. The van der Waals surface area contributed by atoms with Gasteiger partial charge in [-0.1, -0.05) is 12.1 Å². The minimum absolute atomic E-state index is 0.00324. The first-order valence-corrected chi connectivity index (χ1v) is 7.08. The zero-order valence-corrected chi connectivity index (χ0v) is 13.0. The van der Waals surface area contributed by atoms with E-state index >= 15 is 0 Å². The molecule has 0 aromatic heterocycles. The van der Waals surface area contributed by atoms with Crippen molar-refractivity contribution in [3.63, 3.8) is 0 Å². The molecule has 1 atom stereocenters. The molecule has 4 heteroatoms. The molecule has 1 unspecified atom stereocenters. The molecule has 0 radical (unpaired) electrons. The second-order valence-electron chi connectivity index (χ2n) is 6.46. The number of aryl methyl sites for hydroxylation is 1. The third kappa shape index (κ3) is 2.74. The minimum Gasteiger partial charge on any atom is -0.444 e. The predicted octanol–water partition coefficient (Wildman–Crippen LogP) is 3.43. The molecule has 1 aromatic carbocycles. The number of fused-ring (bicyclic) bond motifs is 1. The first-order valence-electron chi connectivity index (χ1n) is 7.08. The molecule has 4 nitrogen and oxygen atoms in total. The van der Waals surface area contributed by atoms with Crippen molar-refractivity contribution in [3.05, 3.63) is 28.8 Å². The summed E-state index contributed by atoms with van der Waals surface area (Å²) >= 11 is 0. The summed E-state index contributed by atoms with van der Waals surface area (Å²) in [6.07, 6.45) is 0.529. The average molecular weight is 276 g/mol. The van der Waals surface area contributed by atoms with Crippen molar-refractivity contribution in [1.29, 1.82) is 0 Å². The molecule has 110 valence electrons. The highest BCUT2D eigenvalue weighted by Gasteiger charge is 2.31. The molecule has 0 spiro atoms. The maximum atomic E-state index is 12.3. The molecular formula is C16H24N2O2. The Bertz CT molecular complexity index is 532. The van der Waals surface area contributed by atoms with Gasteiger partial charge in [0.05, 0.1) is 6.04 Å². The standard InChI is InChI=1S/C16H24N2O2/c1-10-6-7-12-11(2)18(9-8-13(12)14(10)17)15(19)20-16(3,4)5/h6-7,11H,8-9,17H2,1-5H3. The maximum absolute atomic E-state index is 12.3. The Morgan fingerprint density at radius 1 is 1.40 bits per heavy atom. The van der Waals surface area contributed by atoms with Crippen LogP contribution in [0.3, 0.4) is 0 Å². The van der Waals surface area contributed by atoms with Crippen LogP contribution in [-0.2, 0) is 11.2 Å². The number of ether oxygens (including phenoxy) is 1. The molecule has 2 rings (SSSR count). The maximum Gasteiger partial charge on any atom is 0.410 e. The largest absolute Gasteiger partial charge is 0.444 e. The van der Waals surface area contributed by atoms with Gasteiger partial charge in [-0.25, -0.2) is 4.79 Å². The van der Waals surface area contributed by atoms with E-state index in [1.165, 1.54) is 5.56 Å². The molecular weight excluding hydrogens is 252 g/mol. The number of anilines is 1. The summed E-state index contributed by atoms with van der Waals surface area (Å²) in [5, 5.41) is 0. The van der Waals surface area contributed by atoms with E-state index in [-0.39, 0.29) is 12.1 Å². The van der Waals surface area contributed by atoms with Crippen molar-refractivity contribution in [1.82, 2.24) is 4.90 Å². The number of nitrogen functional groups attached to an aromatic ring is 1. The zero-order chi connectivity index (χ0) is 15.1. The van der Waals surface area contributed by atoms with Gasteiger partial charge in [-0.3, -0.25) is 0 Å². The fourth-order valence-corrected chi connectivity index (χ4v) is 2.63. The lowest BCUT2D eigenvalue weighted by Gasteiger charge is -2.37. The Morgan fingerprint density at radius 2 is 2.05 bits per heavy atom. The molecule has 1 aliphatic heterocycles. The van der Waals surface area contributed by atoms with E-state index in [1.807, 2.05) is 40.7 Å². The molecule has 1 heterocycles. The fourth-order valence-electron chi connectivity index (χ4n) is 2.63. The highest BCUT2D eigenvalue weighted by Crippen LogP contribution is 2.34. The number of hydrogen-bond donors (Lipinski definition) is 1. The van der Waals surface area contributed by atoms with Crippen LogP contribution in [0.1, 0.15) is 50.4 Å². The first-order chi connectivity index (χ1) is 9.20. The van der Waals surface area contributed by atoms with E-state index in [4.69, 9.17) is 10.5 Å². The Balaban J connectivity index is 2.26. The molecule has 0 aliphatic carbocycles. The van der Waals surface area contributed by atoms with Crippen LogP contribution >= 0.6 is 0 Å². The van der Waals surface area contributed by atoms with Crippen molar-refractivity contribution in [2.75, 3.05) is 12.3 Å². The molecule has 0 saturated heterocycles. The number of nitrogens with zero attached hydrogens (tertiary/aromatic N) is 1. The normalized spacial score (nSPS) is 18.6. The molecule has 1 aliphatic rings.